The Labute approximate surface area is 230 Å². The minimum Gasteiger partial charge on any atom is -0.444 e. The lowest BCUT2D eigenvalue weighted by Gasteiger charge is -2.26. The van der Waals surface area contributed by atoms with Crippen molar-refractivity contribution in [1.82, 2.24) is 24.6 Å². The largest absolute Gasteiger partial charge is 0.444 e. The number of carbonyl (C=O) groups excluding carboxylic acids is 2. The summed E-state index contributed by atoms with van der Waals surface area (Å²) < 4.78 is 27.8. The van der Waals surface area contributed by atoms with Gasteiger partial charge in [-0.1, -0.05) is 6.07 Å². The Morgan fingerprint density at radius 3 is 2.50 bits per heavy atom. The van der Waals surface area contributed by atoms with E-state index in [-0.39, 0.29) is 24.5 Å². The average Bonchev–Trinajstić information content (AvgIpc) is 3.41. The molecule has 1 unspecified atom stereocenters. The van der Waals surface area contributed by atoms with Crippen molar-refractivity contribution in [3.8, 4) is 11.1 Å². The van der Waals surface area contributed by atoms with Crippen LogP contribution < -0.4 is 4.90 Å². The molecule has 3 fully saturated rings. The maximum atomic E-state index is 15.2. The minimum absolute atomic E-state index is 0.0130. The van der Waals surface area contributed by atoms with Gasteiger partial charge in [-0.3, -0.25) is 9.88 Å². The summed E-state index contributed by atoms with van der Waals surface area (Å²) in [6.07, 6.45) is 3.34. The van der Waals surface area contributed by atoms with E-state index in [1.165, 1.54) is 11.0 Å². The lowest BCUT2D eigenvalue weighted by atomic mass is 10.0. The summed E-state index contributed by atoms with van der Waals surface area (Å²) in [5, 5.41) is 7.49. The highest BCUT2D eigenvalue weighted by Gasteiger charge is 2.78. The summed E-state index contributed by atoms with van der Waals surface area (Å²) in [7, 11) is 0. The Hall–Kier alpha value is -4.53. The fourth-order valence-electron chi connectivity index (χ4n) is 5.76. The van der Waals surface area contributed by atoms with Crippen LogP contribution in [0.25, 0.3) is 16.0 Å². The van der Waals surface area contributed by atoms with Crippen molar-refractivity contribution in [3.05, 3.63) is 72.1 Å². The van der Waals surface area contributed by atoms with Gasteiger partial charge in [0.25, 0.3) is 5.54 Å². The predicted octanol–water partition coefficient (Wildman–Crippen LogP) is 4.12. The molecule has 3 aromatic rings. The Morgan fingerprint density at radius 1 is 1.18 bits per heavy atom. The standard InChI is InChI=1S/C28H28FN7O4/c1-27(2,3)40-25(37)35-13-21-22(14-35)28(21,30-4)24-8-5-17(10-31-24)20-7-6-18(9-23(20)29)36-12-19(39-26(36)38)11-34-15-32-33-16-34/h5-10,15-16,19,21-22H,11-14H2,1-3H3/t19-,21-,22+,28?/m0/s1. The van der Waals surface area contributed by atoms with E-state index in [2.05, 4.69) is 20.0 Å². The molecule has 2 aromatic heterocycles. The van der Waals surface area contributed by atoms with Crippen LogP contribution in [0.1, 0.15) is 26.5 Å². The molecule has 0 bridgehead atoms. The number of piperidine rings is 1. The normalized spacial score (nSPS) is 25.4. The molecule has 2 saturated heterocycles. The van der Waals surface area contributed by atoms with Gasteiger partial charge >= 0.3 is 12.2 Å². The third kappa shape index (κ3) is 4.41. The summed E-state index contributed by atoms with van der Waals surface area (Å²) in [6, 6.07) is 8.11. The molecular formula is C28H28FN7O4. The third-order valence-electron chi connectivity index (χ3n) is 7.68. The summed E-state index contributed by atoms with van der Waals surface area (Å²) in [6.45, 7) is 14.9. The number of cyclic esters (lactones) is 1. The van der Waals surface area contributed by atoms with Gasteiger partial charge in [0, 0.05) is 30.4 Å². The van der Waals surface area contributed by atoms with E-state index in [9.17, 15) is 9.59 Å². The van der Waals surface area contributed by atoms with Crippen molar-refractivity contribution in [1.29, 1.82) is 0 Å². The Balaban J connectivity index is 1.13. The molecule has 3 aliphatic rings. The molecule has 2 amide bonds. The van der Waals surface area contributed by atoms with E-state index in [1.807, 2.05) is 20.8 Å². The van der Waals surface area contributed by atoms with Gasteiger partial charge < -0.3 is 23.8 Å². The number of carbonyl (C=O) groups is 2. The number of aromatic nitrogens is 4. The van der Waals surface area contributed by atoms with E-state index in [4.69, 9.17) is 16.0 Å². The van der Waals surface area contributed by atoms with Crippen LogP contribution in [0.4, 0.5) is 19.7 Å². The number of hydrogen-bond donors (Lipinski definition) is 0. The van der Waals surface area contributed by atoms with Gasteiger partial charge in [0.15, 0.2) is 0 Å². The number of hydrogen-bond acceptors (Lipinski definition) is 7. The second-order valence-electron chi connectivity index (χ2n) is 11.4. The quantitative estimate of drug-likeness (QED) is 0.444. The van der Waals surface area contributed by atoms with Crippen molar-refractivity contribution < 1.29 is 23.5 Å². The first kappa shape index (κ1) is 25.7. The maximum Gasteiger partial charge on any atom is 0.414 e. The van der Waals surface area contributed by atoms with Crippen LogP contribution in [0.5, 0.6) is 0 Å². The number of ether oxygens (including phenoxy) is 2. The van der Waals surface area contributed by atoms with Gasteiger partial charge in [0.2, 0.25) is 0 Å². The number of anilines is 1. The summed E-state index contributed by atoms with van der Waals surface area (Å²) in [5.41, 5.74) is 0.558. The molecule has 1 aromatic carbocycles. The molecule has 206 valence electrons. The highest BCUT2D eigenvalue weighted by atomic mass is 19.1. The molecule has 12 heteroatoms. The van der Waals surface area contributed by atoms with Gasteiger partial charge in [-0.2, -0.15) is 0 Å². The molecule has 4 heterocycles. The van der Waals surface area contributed by atoms with Crippen LogP contribution in [0, 0.1) is 24.2 Å². The smallest absolute Gasteiger partial charge is 0.414 e. The summed E-state index contributed by atoms with van der Waals surface area (Å²) in [4.78, 5) is 36.4. The zero-order valence-corrected chi connectivity index (χ0v) is 22.3. The van der Waals surface area contributed by atoms with Crippen molar-refractivity contribution >= 4 is 17.9 Å². The fraction of sp³-hybridized carbons (Fsp3) is 0.429. The van der Waals surface area contributed by atoms with Gasteiger partial charge in [0.05, 0.1) is 30.6 Å². The molecule has 2 aliphatic heterocycles. The lowest BCUT2D eigenvalue weighted by molar-refractivity contribution is 0.0264. The van der Waals surface area contributed by atoms with Crippen molar-refractivity contribution in [2.24, 2.45) is 11.8 Å². The predicted molar refractivity (Wildman–Crippen MR) is 140 cm³/mol. The molecule has 1 aliphatic carbocycles. The number of pyridine rings is 1. The lowest BCUT2D eigenvalue weighted by Crippen LogP contribution is -2.38. The molecule has 40 heavy (non-hydrogen) atoms. The number of rotatable bonds is 5. The van der Waals surface area contributed by atoms with Crippen molar-refractivity contribution in [2.75, 3.05) is 24.5 Å². The Bertz CT molecular complexity index is 1480. The van der Waals surface area contributed by atoms with E-state index < -0.39 is 29.2 Å². The number of amides is 2. The first-order valence-corrected chi connectivity index (χ1v) is 13.0. The van der Waals surface area contributed by atoms with Crippen LogP contribution in [0.3, 0.4) is 0 Å². The Kier molecular flexibility index (Phi) is 5.98. The molecule has 11 nitrogen and oxygen atoms in total. The second kappa shape index (κ2) is 9.29. The van der Waals surface area contributed by atoms with Crippen LogP contribution in [0.2, 0.25) is 0 Å². The average molecular weight is 546 g/mol. The van der Waals surface area contributed by atoms with E-state index >= 15 is 4.39 Å². The molecule has 6 rings (SSSR count). The van der Waals surface area contributed by atoms with Gasteiger partial charge in [-0.15, -0.1) is 10.2 Å². The number of nitrogens with zero attached hydrogens (tertiary/aromatic N) is 7. The zero-order chi connectivity index (χ0) is 28.2. The summed E-state index contributed by atoms with van der Waals surface area (Å²) >= 11 is 0. The molecule has 1 saturated carbocycles. The molecule has 0 radical (unpaired) electrons. The minimum atomic E-state index is -0.779. The second-order valence-corrected chi connectivity index (χ2v) is 11.4. The molecule has 0 spiro atoms. The number of benzene rings is 1. The van der Waals surface area contributed by atoms with Crippen molar-refractivity contribution in [2.45, 2.75) is 44.6 Å². The Morgan fingerprint density at radius 2 is 1.90 bits per heavy atom. The molecule has 4 atom stereocenters. The van der Waals surface area contributed by atoms with Crippen LogP contribution in [-0.4, -0.2) is 68.2 Å². The van der Waals surface area contributed by atoms with Crippen LogP contribution in [-0.2, 0) is 21.6 Å². The number of likely N-dealkylation sites (tertiary alicyclic amines) is 1. The van der Waals surface area contributed by atoms with Gasteiger partial charge in [-0.05, 0) is 45.0 Å². The number of halogens is 1. The van der Waals surface area contributed by atoms with Gasteiger partial charge in [-0.25, -0.2) is 20.6 Å². The first-order chi connectivity index (χ1) is 19.1. The highest BCUT2D eigenvalue weighted by Crippen LogP contribution is 2.64. The number of fused-ring (bicyclic) bond motifs is 1. The van der Waals surface area contributed by atoms with Crippen LogP contribution in [0.15, 0.2) is 49.2 Å². The topological polar surface area (TPSA) is 107 Å². The SMILES string of the molecule is [C-]#[N+]C1(c2ccc(-c3ccc(N4C[C@H](Cn5cnnc5)OC4=O)cc3F)cn2)[C@@H]2CN(C(=O)OC(C)(C)C)C[C@@H]21. The fourth-order valence-corrected chi connectivity index (χ4v) is 5.76. The van der Waals surface area contributed by atoms with Crippen LogP contribution >= 0.6 is 0 Å². The van der Waals surface area contributed by atoms with E-state index in [0.717, 1.165) is 0 Å². The zero-order valence-electron chi connectivity index (χ0n) is 22.3. The highest BCUT2D eigenvalue weighted by molar-refractivity contribution is 5.90. The molecular weight excluding hydrogens is 517 g/mol. The summed E-state index contributed by atoms with van der Waals surface area (Å²) in [5.74, 6) is -0.528. The maximum absolute atomic E-state index is 15.2. The van der Waals surface area contributed by atoms with E-state index in [0.29, 0.717) is 42.1 Å². The first-order valence-electron chi connectivity index (χ1n) is 13.0. The third-order valence-corrected chi connectivity index (χ3v) is 7.68. The van der Waals surface area contributed by atoms with Crippen molar-refractivity contribution in [3.63, 3.8) is 0 Å². The van der Waals surface area contributed by atoms with Gasteiger partial charge in [0.1, 0.15) is 35.9 Å². The molecule has 0 N–H and O–H groups in total. The van der Waals surface area contributed by atoms with E-state index in [1.54, 1.807) is 52.6 Å². The monoisotopic (exact) mass is 545 g/mol.